The van der Waals surface area contributed by atoms with E-state index in [0.29, 0.717) is 52.1 Å². The third-order valence-corrected chi connectivity index (χ3v) is 10.6. The number of carbonyl (C=O) groups is 3. The van der Waals surface area contributed by atoms with E-state index in [4.69, 9.17) is 4.74 Å². The lowest BCUT2D eigenvalue weighted by Crippen LogP contribution is -2.58. The molecule has 4 fully saturated rings. The van der Waals surface area contributed by atoms with Crippen LogP contribution in [-0.4, -0.2) is 117 Å². The molecule has 0 aliphatic carbocycles. The van der Waals surface area contributed by atoms with Crippen molar-refractivity contribution in [2.45, 2.75) is 41.3 Å². The molecule has 2 amide bonds. The van der Waals surface area contributed by atoms with Gasteiger partial charge in [-0.25, -0.2) is 0 Å². The number of aliphatic carboxylic acids is 1. The largest absolute Gasteiger partial charge is 0.481 e. The minimum atomic E-state index is -0.977. The van der Waals surface area contributed by atoms with Crippen molar-refractivity contribution < 1.29 is 29.3 Å². The predicted molar refractivity (Wildman–Crippen MR) is 144 cm³/mol. The van der Waals surface area contributed by atoms with Gasteiger partial charge in [0.1, 0.15) is 6.04 Å². The van der Waals surface area contributed by atoms with Crippen molar-refractivity contribution in [3.05, 3.63) is 48.6 Å². The fourth-order valence-corrected chi connectivity index (χ4v) is 9.08. The molecular weight excluding hydrogens is 506 g/mol. The summed E-state index contributed by atoms with van der Waals surface area (Å²) in [7, 11) is 0. The van der Waals surface area contributed by atoms with Crippen molar-refractivity contribution in [1.82, 2.24) is 14.7 Å². The number of thioether (sulfide) groups is 1. The van der Waals surface area contributed by atoms with Crippen LogP contribution in [0.2, 0.25) is 0 Å². The fraction of sp³-hybridized carbons (Fsp3) is 0.607. The summed E-state index contributed by atoms with van der Waals surface area (Å²) in [6, 6.07) is 8.13. The standard InChI is InChI=1S/C28H37N3O6S/c1-2-10-30(12-11-29-13-15-37-16-14-29)26(34)24-28-9-8-21(38-28)22(27(35)36)23(28)25(33)31(24)20(18-32)17-19-6-4-3-5-7-19/h2-7,20-24,32H,1,8-18H2,(H,35,36)/t20-,21-,22+,23+,24?,28?/m1/s1. The Morgan fingerprint density at radius 3 is 2.66 bits per heavy atom. The van der Waals surface area contributed by atoms with Crippen LogP contribution in [0.4, 0.5) is 0 Å². The highest BCUT2D eigenvalue weighted by Gasteiger charge is 2.74. The molecule has 0 radical (unpaired) electrons. The number of morpholine rings is 1. The number of aliphatic hydroxyl groups is 1. The van der Waals surface area contributed by atoms with E-state index >= 15 is 0 Å². The van der Waals surface area contributed by atoms with Gasteiger partial charge < -0.3 is 24.7 Å². The van der Waals surface area contributed by atoms with Gasteiger partial charge in [0, 0.05) is 38.0 Å². The molecule has 2 unspecified atom stereocenters. The van der Waals surface area contributed by atoms with E-state index < -0.39 is 34.6 Å². The first-order chi connectivity index (χ1) is 18.4. The maximum Gasteiger partial charge on any atom is 0.308 e. The number of nitrogens with zero attached hydrogens (tertiary/aromatic N) is 3. The molecule has 2 N–H and O–H groups in total. The third-order valence-electron chi connectivity index (χ3n) is 8.63. The molecule has 9 nitrogen and oxygen atoms in total. The average molecular weight is 544 g/mol. The predicted octanol–water partition coefficient (Wildman–Crippen LogP) is 1.11. The normalized spacial score (nSPS) is 31.3. The topological polar surface area (TPSA) is 111 Å². The van der Waals surface area contributed by atoms with Gasteiger partial charge in [-0.1, -0.05) is 36.4 Å². The van der Waals surface area contributed by atoms with Crippen LogP contribution >= 0.6 is 11.8 Å². The number of aliphatic hydroxyl groups excluding tert-OH is 1. The number of hydrogen-bond acceptors (Lipinski definition) is 7. The van der Waals surface area contributed by atoms with Gasteiger partial charge in [0.05, 0.1) is 42.4 Å². The lowest BCUT2D eigenvalue weighted by Gasteiger charge is -2.40. The highest BCUT2D eigenvalue weighted by atomic mass is 32.2. The molecule has 206 valence electrons. The van der Waals surface area contributed by atoms with E-state index in [1.54, 1.807) is 15.9 Å². The zero-order valence-electron chi connectivity index (χ0n) is 21.6. The van der Waals surface area contributed by atoms with Crippen LogP contribution in [0.15, 0.2) is 43.0 Å². The van der Waals surface area contributed by atoms with E-state index in [-0.39, 0.29) is 23.7 Å². The van der Waals surface area contributed by atoms with E-state index in [1.807, 2.05) is 30.3 Å². The molecule has 4 aliphatic heterocycles. The van der Waals surface area contributed by atoms with Crippen LogP contribution in [0.1, 0.15) is 18.4 Å². The summed E-state index contributed by atoms with van der Waals surface area (Å²) >= 11 is 1.52. The first-order valence-electron chi connectivity index (χ1n) is 13.5. The second-order valence-corrected chi connectivity index (χ2v) is 12.3. The molecule has 4 heterocycles. The highest BCUT2D eigenvalue weighted by Crippen LogP contribution is 2.66. The van der Waals surface area contributed by atoms with Crippen molar-refractivity contribution in [2.24, 2.45) is 11.8 Å². The second kappa shape index (κ2) is 11.4. The number of amides is 2. The number of benzene rings is 1. The number of hydrogen-bond donors (Lipinski definition) is 2. The summed E-state index contributed by atoms with van der Waals surface area (Å²) in [5, 5.41) is 20.4. The molecule has 4 saturated heterocycles. The quantitative estimate of drug-likeness (QED) is 0.400. The molecule has 1 aromatic carbocycles. The first kappa shape index (κ1) is 27.2. The van der Waals surface area contributed by atoms with Crippen LogP contribution in [0.3, 0.4) is 0 Å². The first-order valence-corrected chi connectivity index (χ1v) is 14.4. The Labute approximate surface area is 227 Å². The van der Waals surface area contributed by atoms with Crippen LogP contribution in [0, 0.1) is 11.8 Å². The lowest BCUT2D eigenvalue weighted by atomic mass is 9.71. The molecule has 5 rings (SSSR count). The lowest BCUT2D eigenvalue weighted by molar-refractivity contribution is -0.149. The van der Waals surface area contributed by atoms with Gasteiger partial charge in [-0.05, 0) is 24.8 Å². The number of rotatable bonds is 11. The average Bonchev–Trinajstić information content (AvgIpc) is 3.58. The van der Waals surface area contributed by atoms with Gasteiger partial charge >= 0.3 is 5.97 Å². The third kappa shape index (κ3) is 4.76. The summed E-state index contributed by atoms with van der Waals surface area (Å²) in [4.78, 5) is 46.5. The highest BCUT2D eigenvalue weighted by molar-refractivity contribution is 8.02. The van der Waals surface area contributed by atoms with Crippen molar-refractivity contribution in [1.29, 1.82) is 0 Å². The molecule has 6 atom stereocenters. The van der Waals surface area contributed by atoms with Crippen molar-refractivity contribution >= 4 is 29.5 Å². The molecule has 0 saturated carbocycles. The molecule has 0 aromatic heterocycles. The van der Waals surface area contributed by atoms with Gasteiger partial charge in [0.15, 0.2) is 0 Å². The summed E-state index contributed by atoms with van der Waals surface area (Å²) in [5.41, 5.74) is 0.946. The number of carbonyl (C=O) groups excluding carboxylic acids is 2. The van der Waals surface area contributed by atoms with Crippen LogP contribution in [0.25, 0.3) is 0 Å². The van der Waals surface area contributed by atoms with Gasteiger partial charge in [-0.15, -0.1) is 18.3 Å². The summed E-state index contributed by atoms with van der Waals surface area (Å²) in [5.74, 6) is -3.06. The Kier molecular flexibility index (Phi) is 8.14. The maximum atomic E-state index is 14.4. The van der Waals surface area contributed by atoms with E-state index in [0.717, 1.165) is 18.7 Å². The Bertz CT molecular complexity index is 1050. The fourth-order valence-electron chi connectivity index (χ4n) is 6.89. The van der Waals surface area contributed by atoms with Crippen LogP contribution < -0.4 is 0 Å². The molecular formula is C28H37N3O6S. The second-order valence-electron chi connectivity index (χ2n) is 10.7. The SMILES string of the molecule is C=CCN(CCN1CCOCC1)C(=O)C1N([C@@H](CO)Cc2ccccc2)C(=O)[C@@H]2[C@@H](C(=O)O)[C@H]3CCC12S3. The number of carboxylic acids is 1. The molecule has 1 aromatic rings. The minimum absolute atomic E-state index is 0.179. The van der Waals surface area contributed by atoms with E-state index in [9.17, 15) is 24.6 Å². The van der Waals surface area contributed by atoms with Gasteiger partial charge in [-0.2, -0.15) is 0 Å². The van der Waals surface area contributed by atoms with Gasteiger partial charge in [0.2, 0.25) is 11.8 Å². The Hall–Kier alpha value is -2.40. The summed E-state index contributed by atoms with van der Waals surface area (Å²) in [6.45, 7) is 7.98. The molecule has 38 heavy (non-hydrogen) atoms. The number of ether oxygens (including phenoxy) is 1. The van der Waals surface area contributed by atoms with Crippen molar-refractivity contribution in [3.63, 3.8) is 0 Å². The van der Waals surface area contributed by atoms with Crippen LogP contribution in [-0.2, 0) is 25.5 Å². The Balaban J connectivity index is 1.48. The van der Waals surface area contributed by atoms with E-state index in [1.165, 1.54) is 11.8 Å². The molecule has 4 aliphatic rings. The number of carboxylic acid groups (broad SMARTS) is 1. The van der Waals surface area contributed by atoms with E-state index in [2.05, 4.69) is 11.5 Å². The zero-order chi connectivity index (χ0) is 26.9. The maximum absolute atomic E-state index is 14.4. The monoisotopic (exact) mass is 543 g/mol. The smallest absolute Gasteiger partial charge is 0.308 e. The van der Waals surface area contributed by atoms with Crippen molar-refractivity contribution in [3.8, 4) is 0 Å². The van der Waals surface area contributed by atoms with Gasteiger partial charge in [0.25, 0.3) is 0 Å². The Morgan fingerprint density at radius 1 is 1.26 bits per heavy atom. The molecule has 2 bridgehead atoms. The molecule has 1 spiro atoms. The summed E-state index contributed by atoms with van der Waals surface area (Å²) < 4.78 is 4.65. The zero-order valence-corrected chi connectivity index (χ0v) is 22.4. The summed E-state index contributed by atoms with van der Waals surface area (Å²) in [6.07, 6.45) is 3.36. The van der Waals surface area contributed by atoms with Crippen molar-refractivity contribution in [2.75, 3.05) is 52.5 Å². The minimum Gasteiger partial charge on any atom is -0.481 e. The number of fused-ring (bicyclic) bond motifs is 1. The number of likely N-dealkylation sites (tertiary alicyclic amines) is 1. The molecule has 10 heteroatoms. The Morgan fingerprint density at radius 2 is 2.00 bits per heavy atom. The van der Waals surface area contributed by atoms with Gasteiger partial charge in [-0.3, -0.25) is 19.3 Å². The van der Waals surface area contributed by atoms with Crippen LogP contribution in [0.5, 0.6) is 0 Å².